The standard InChI is InChI=1S/4C31H30NO/c1-18(2)20-13-14-32(6)27(15-20)29-19(3)11-12-22-24-16-26-23(17-28(24)33-30(22)29)21-9-7-8-10-25(21)31(26,4)5;1-18(2)20-13-14-32(6)27(15-20)29-19(3)11-12-22-24-16-23-21-9-7-8-10-25(21)31(4,5)26(23)17-28(24)33-30(22)29;1-18(2)20-15-16-32(6)25(17-20)27-19(3)11-12-23-28-26(33-30(23)27)14-13-22-21-9-7-8-10-24(21)31(4,5)29(22)28;1-18(2)20-15-16-32(6)25(17-20)27-19(3)11-12-22-29-26(33-30(22)27)14-13-24-28(29)21-9-7-8-10-23(21)31(24,4)5/h4*7-18H,1-6H3/q4*+1/i4D3,18D;4D3,5D3,18D;18D;4D3,5D3,18D. The largest absolute Gasteiger partial charge is 0.455 e. The van der Waals surface area contributed by atoms with E-state index >= 15 is 0 Å². The second-order valence-electron chi connectivity index (χ2n) is 38.5. The molecule has 0 fully saturated rings. The number of rotatable bonds is 8. The third-order valence-corrected chi connectivity index (χ3v) is 28.8. The van der Waals surface area contributed by atoms with Gasteiger partial charge in [-0.05, 0) is 221 Å². The molecule has 132 heavy (non-hydrogen) atoms. The van der Waals surface area contributed by atoms with Gasteiger partial charge in [0.1, 0.15) is 72.9 Å². The average molecular weight is 1750 g/mol. The Bertz CT molecular complexity index is 9120. The normalized spacial score (nSPS) is 17.9. The van der Waals surface area contributed by atoms with Crippen LogP contribution in [-0.2, 0) is 49.9 Å². The quantitative estimate of drug-likeness (QED) is 0.142. The van der Waals surface area contributed by atoms with Crippen molar-refractivity contribution < 1.29 is 62.0 Å². The first-order chi connectivity index (χ1) is 70.6. The summed E-state index contributed by atoms with van der Waals surface area (Å²) in [6.07, 6.45) is 7.93. The van der Waals surface area contributed by atoms with Crippen molar-refractivity contribution in [2.75, 3.05) is 0 Å². The summed E-state index contributed by atoms with van der Waals surface area (Å²) in [5.74, 6) is -2.99. The van der Waals surface area contributed by atoms with Crippen LogP contribution in [0.15, 0.2) is 285 Å². The highest BCUT2D eigenvalue weighted by molar-refractivity contribution is 6.19. The van der Waals surface area contributed by atoms with E-state index < -0.39 is 74.1 Å². The number of nitrogens with zero attached hydrogens (tertiary/aromatic N) is 4. The van der Waals surface area contributed by atoms with E-state index in [1.165, 1.54) is 33.2 Å². The van der Waals surface area contributed by atoms with Gasteiger partial charge in [-0.15, -0.1) is 0 Å². The van der Waals surface area contributed by atoms with Crippen LogP contribution in [0.1, 0.15) is 249 Å². The smallest absolute Gasteiger partial charge is 0.216 e. The Morgan fingerprint density at radius 3 is 1.02 bits per heavy atom. The topological polar surface area (TPSA) is 68.1 Å². The monoisotopic (exact) mass is 1750 g/mol. The number of pyridine rings is 4. The second-order valence-corrected chi connectivity index (χ2v) is 38.5. The highest BCUT2D eigenvalue weighted by Gasteiger charge is 2.43. The summed E-state index contributed by atoms with van der Waals surface area (Å²) in [4.78, 5) is 0. The van der Waals surface area contributed by atoms with Crippen molar-refractivity contribution in [3.8, 4) is 89.5 Å². The van der Waals surface area contributed by atoms with E-state index in [4.69, 9.17) is 43.7 Å². The molecule has 8 aromatic heterocycles. The Kier molecular flexibility index (Phi) is 15.5. The predicted molar refractivity (Wildman–Crippen MR) is 547 cm³/mol. The number of aromatic nitrogens is 4. The van der Waals surface area contributed by atoms with E-state index in [1.54, 1.807) is 60.7 Å². The minimum Gasteiger partial charge on any atom is -0.455 e. The van der Waals surface area contributed by atoms with Crippen LogP contribution >= 0.6 is 0 Å². The minimum atomic E-state index is -2.84. The first-order valence-electron chi connectivity index (χ1n) is 55.0. The summed E-state index contributed by atoms with van der Waals surface area (Å²) in [6, 6.07) is 78.4. The molecule has 12 aromatic carbocycles. The summed E-state index contributed by atoms with van der Waals surface area (Å²) in [5, 5.41) is 7.37. The molecule has 1 unspecified atom stereocenters. The number of aryl methyl sites for hydroxylation is 8. The molecule has 0 aliphatic heterocycles. The summed E-state index contributed by atoms with van der Waals surface area (Å²) in [5.41, 5.74) is 28.0. The highest BCUT2D eigenvalue weighted by atomic mass is 16.3. The molecule has 0 radical (unpaired) electrons. The zero-order chi connectivity index (χ0) is 108. The molecule has 0 bridgehead atoms. The molecule has 0 saturated carbocycles. The van der Waals surface area contributed by atoms with Crippen molar-refractivity contribution >= 4 is 87.8 Å². The Balaban J connectivity index is 0.000000118. The maximum absolute atomic E-state index is 8.57. The molecule has 0 amide bonds. The van der Waals surface area contributed by atoms with E-state index in [-0.39, 0.29) is 22.1 Å². The maximum Gasteiger partial charge on any atom is 0.216 e. The molecule has 8 heterocycles. The zero-order valence-electron chi connectivity index (χ0n) is 97.3. The van der Waals surface area contributed by atoms with Gasteiger partial charge in [0.15, 0.2) is 24.8 Å². The summed E-state index contributed by atoms with van der Waals surface area (Å²) >= 11 is 0. The summed E-state index contributed by atoms with van der Waals surface area (Å²) in [7, 11) is 7.97. The Morgan fingerprint density at radius 1 is 0.258 bits per heavy atom. The number of furan rings is 4. The average Bonchev–Trinajstić information content (AvgIpc) is 1.51. The van der Waals surface area contributed by atoms with Gasteiger partial charge < -0.3 is 17.7 Å². The fourth-order valence-electron chi connectivity index (χ4n) is 21.5. The van der Waals surface area contributed by atoms with Crippen molar-refractivity contribution in [3.63, 3.8) is 0 Å². The van der Waals surface area contributed by atoms with Crippen LogP contribution in [0.5, 0.6) is 0 Å². The lowest BCUT2D eigenvalue weighted by atomic mass is 9.80. The minimum absolute atomic E-state index is 0.104. The van der Waals surface area contributed by atoms with Crippen molar-refractivity contribution in [3.05, 3.63) is 356 Å². The molecule has 24 rings (SSSR count). The molecule has 8 heteroatoms. The fourth-order valence-corrected chi connectivity index (χ4v) is 21.5. The summed E-state index contributed by atoms with van der Waals surface area (Å²) < 4.78 is 196. The summed E-state index contributed by atoms with van der Waals surface area (Å²) in [6.45, 7) is 16.2. The van der Waals surface area contributed by atoms with E-state index in [1.807, 2.05) is 234 Å². The van der Waals surface area contributed by atoms with Crippen molar-refractivity contribution in [2.45, 2.75) is 183 Å². The number of hydrogen-bond donors (Lipinski definition) is 0. The molecule has 0 N–H and O–H groups in total. The molecule has 4 aliphatic rings. The third kappa shape index (κ3) is 13.1. The van der Waals surface area contributed by atoms with Gasteiger partial charge in [0.25, 0.3) is 0 Å². The van der Waals surface area contributed by atoms with Crippen LogP contribution in [0.4, 0.5) is 0 Å². The highest BCUT2D eigenvalue weighted by Crippen LogP contribution is 2.58. The van der Waals surface area contributed by atoms with Gasteiger partial charge in [-0.3, -0.25) is 0 Å². The fraction of sp³-hybridized carbons (Fsp3) is 0.258. The van der Waals surface area contributed by atoms with E-state index in [2.05, 4.69) is 123 Å². The Morgan fingerprint density at radius 2 is 0.583 bits per heavy atom. The lowest BCUT2D eigenvalue weighted by Gasteiger charge is -2.22. The first kappa shape index (κ1) is 65.9. The predicted octanol–water partition coefficient (Wildman–Crippen LogP) is 31.3. The van der Waals surface area contributed by atoms with Gasteiger partial charge >= 0.3 is 0 Å². The van der Waals surface area contributed by atoms with Gasteiger partial charge in [0.2, 0.25) is 22.8 Å². The van der Waals surface area contributed by atoms with Crippen LogP contribution in [0, 0.1) is 27.7 Å². The van der Waals surface area contributed by atoms with Crippen molar-refractivity contribution in [1.29, 1.82) is 0 Å². The van der Waals surface area contributed by atoms with Gasteiger partial charge in [-0.1, -0.05) is 268 Å². The first-order valence-corrected chi connectivity index (χ1v) is 45.5. The van der Waals surface area contributed by atoms with Crippen LogP contribution in [0.2, 0.25) is 0 Å². The SMILES string of the molecule is [2H]C(C)(C)c1cc[n+](C)c(-c2c(C)ccc3c2oc2cc4c(cc23)-c2ccccc2C4(C([2H])([2H])[2H])C([2H])([2H])[2H])c1.[2H]C(C)(C)c1cc[n+](C)c(-c2c(C)ccc3c2oc2cc4c(cc23)C(C)(C([2H])([2H])[2H])c2ccccc2-4)c1.[2H]C(C)(C)c1cc[n+](C)c(-c2c(C)ccc3c2oc2ccc4c(c23)-c2ccccc2C4(C([2H])([2H])[2H])C([2H])([2H])[2H])c1.[2H]C(C)(C)c1cc[n+](C)c(-c2c(C)ccc3c2oc2ccc4c(c23)C(C)(C)c2ccccc2-4)c1. The van der Waals surface area contributed by atoms with E-state index in [9.17, 15) is 0 Å². The second kappa shape index (κ2) is 31.1. The van der Waals surface area contributed by atoms with Crippen LogP contribution in [-0.4, -0.2) is 0 Å². The van der Waals surface area contributed by atoms with Crippen LogP contribution in [0.3, 0.4) is 0 Å². The van der Waals surface area contributed by atoms with E-state index in [0.717, 1.165) is 161 Å². The molecular formula is C124H120N4O4+4. The zero-order valence-corrected chi connectivity index (χ0v) is 78.3. The Hall–Kier alpha value is -13.6. The van der Waals surface area contributed by atoms with Crippen molar-refractivity contribution in [1.82, 2.24) is 0 Å². The molecule has 0 spiro atoms. The molecule has 656 valence electrons. The lowest BCUT2D eigenvalue weighted by Crippen LogP contribution is -2.31. The molecule has 20 aromatic rings. The van der Waals surface area contributed by atoms with Gasteiger partial charge in [0, 0.05) is 139 Å². The van der Waals surface area contributed by atoms with Crippen molar-refractivity contribution in [2.24, 2.45) is 28.2 Å². The number of hydrogen-bond acceptors (Lipinski definition) is 4. The van der Waals surface area contributed by atoms with Gasteiger partial charge in [-0.2, -0.15) is 0 Å². The number of fused-ring (bicyclic) bond motifs is 26. The lowest BCUT2D eigenvalue weighted by molar-refractivity contribution is -0.660. The van der Waals surface area contributed by atoms with E-state index in [0.29, 0.717) is 55.5 Å². The van der Waals surface area contributed by atoms with Crippen LogP contribution in [0.25, 0.3) is 177 Å². The maximum atomic E-state index is 8.57. The third-order valence-electron chi connectivity index (χ3n) is 28.8. The molecule has 4 aliphatic carbocycles. The van der Waals surface area contributed by atoms with Crippen LogP contribution < -0.4 is 18.3 Å². The molecular weight excluding hydrogens is 1610 g/mol. The molecule has 1 atom stereocenters. The molecule has 0 saturated heterocycles. The van der Waals surface area contributed by atoms with Gasteiger partial charge in [0.05, 0.1) is 22.3 Å². The van der Waals surface area contributed by atoms with Gasteiger partial charge in [-0.25, -0.2) is 18.3 Å². The Labute approximate surface area is 803 Å². The molecule has 8 nitrogen and oxygen atoms in total. The number of benzene rings is 12.